The lowest BCUT2D eigenvalue weighted by atomic mass is 9.92. The number of hydrogen-bond donors (Lipinski definition) is 1. The number of hydrogen-bond acceptors (Lipinski definition) is 5. The van der Waals surface area contributed by atoms with E-state index in [0.717, 1.165) is 20.8 Å². The molecule has 0 radical (unpaired) electrons. The molecule has 4 rings (SSSR count). The van der Waals surface area contributed by atoms with E-state index in [4.69, 9.17) is 16.3 Å². The Balaban J connectivity index is 1.66. The van der Waals surface area contributed by atoms with Gasteiger partial charge in [0.15, 0.2) is 0 Å². The summed E-state index contributed by atoms with van der Waals surface area (Å²) in [7, 11) is 0. The van der Waals surface area contributed by atoms with Gasteiger partial charge in [0.25, 0.3) is 0 Å². The number of carbonyl (C=O) groups excluding carboxylic acids is 1. The number of halogens is 1. The molecule has 3 heterocycles. The number of anilines is 1. The van der Waals surface area contributed by atoms with Gasteiger partial charge in [-0.2, -0.15) is 0 Å². The maximum atomic E-state index is 12.8. The molecular weight excluding hydrogens is 346 g/mol. The predicted molar refractivity (Wildman–Crippen MR) is 95.1 cm³/mol. The molecule has 5 nitrogen and oxygen atoms in total. The summed E-state index contributed by atoms with van der Waals surface area (Å²) in [5.41, 5.74) is 2.23. The van der Waals surface area contributed by atoms with E-state index in [1.165, 1.54) is 0 Å². The smallest absolute Gasteiger partial charge is 0.232 e. The zero-order chi connectivity index (χ0) is 16.7. The van der Waals surface area contributed by atoms with Crippen LogP contribution in [0, 0.1) is 6.92 Å². The SMILES string of the molecule is Cc1nc2c(NC(=O)C3CCOc4ccc(Cl)cc43)cncc2s1. The Bertz CT molecular complexity index is 941. The molecule has 0 fully saturated rings. The molecule has 3 aromatic rings. The molecule has 0 bridgehead atoms. The van der Waals surface area contributed by atoms with Gasteiger partial charge >= 0.3 is 0 Å². The van der Waals surface area contributed by atoms with Gasteiger partial charge in [-0.05, 0) is 31.5 Å². The number of nitrogens with one attached hydrogen (secondary N) is 1. The number of aryl methyl sites for hydroxylation is 1. The standard InChI is InChI=1S/C17H14ClN3O2S/c1-9-20-16-13(7-19-8-15(16)24-9)21-17(22)11-4-5-23-14-3-2-10(18)6-12(11)14/h2-3,6-8,11H,4-5H2,1H3,(H,21,22). The molecule has 2 aromatic heterocycles. The van der Waals surface area contributed by atoms with Crippen LogP contribution in [-0.4, -0.2) is 22.5 Å². The van der Waals surface area contributed by atoms with Gasteiger partial charge in [0.05, 0.1) is 34.1 Å². The van der Waals surface area contributed by atoms with Crippen molar-refractivity contribution in [2.75, 3.05) is 11.9 Å². The number of ether oxygens (including phenoxy) is 1. The fraction of sp³-hybridized carbons (Fsp3) is 0.235. The Hall–Kier alpha value is -2.18. The zero-order valence-corrected chi connectivity index (χ0v) is 14.4. The number of fused-ring (bicyclic) bond motifs is 2. The van der Waals surface area contributed by atoms with Crippen LogP contribution >= 0.6 is 22.9 Å². The summed E-state index contributed by atoms with van der Waals surface area (Å²) in [5.74, 6) is 0.316. The molecule has 0 saturated heterocycles. The molecule has 7 heteroatoms. The lowest BCUT2D eigenvalue weighted by molar-refractivity contribution is -0.118. The van der Waals surface area contributed by atoms with Crippen LogP contribution in [0.3, 0.4) is 0 Å². The van der Waals surface area contributed by atoms with Gasteiger partial charge in [0, 0.05) is 16.8 Å². The second-order valence-corrected chi connectivity index (χ2v) is 7.30. The Morgan fingerprint density at radius 2 is 2.29 bits per heavy atom. The third-order valence-corrected chi connectivity index (χ3v) is 5.14. The summed E-state index contributed by atoms with van der Waals surface area (Å²) in [4.78, 5) is 21.5. The summed E-state index contributed by atoms with van der Waals surface area (Å²) in [6, 6.07) is 5.37. The number of rotatable bonds is 2. The maximum Gasteiger partial charge on any atom is 0.232 e. The van der Waals surface area contributed by atoms with Crippen LogP contribution in [0.1, 0.15) is 22.9 Å². The maximum absolute atomic E-state index is 12.8. The lowest BCUT2D eigenvalue weighted by Gasteiger charge is -2.25. The first-order valence-electron chi connectivity index (χ1n) is 7.56. The molecule has 1 unspecified atom stereocenters. The Kier molecular flexibility index (Phi) is 3.86. The lowest BCUT2D eigenvalue weighted by Crippen LogP contribution is -2.26. The van der Waals surface area contributed by atoms with E-state index >= 15 is 0 Å². The van der Waals surface area contributed by atoms with Crippen molar-refractivity contribution in [1.82, 2.24) is 9.97 Å². The van der Waals surface area contributed by atoms with E-state index in [2.05, 4.69) is 15.3 Å². The van der Waals surface area contributed by atoms with Crippen molar-refractivity contribution in [1.29, 1.82) is 0 Å². The number of amides is 1. The zero-order valence-electron chi connectivity index (χ0n) is 12.9. The summed E-state index contributed by atoms with van der Waals surface area (Å²) >= 11 is 7.64. The fourth-order valence-electron chi connectivity index (χ4n) is 2.91. The average Bonchev–Trinajstić information content (AvgIpc) is 2.95. The monoisotopic (exact) mass is 359 g/mol. The van der Waals surface area contributed by atoms with Crippen molar-refractivity contribution in [3.05, 3.63) is 46.2 Å². The van der Waals surface area contributed by atoms with Gasteiger partial charge in [-0.3, -0.25) is 9.78 Å². The highest BCUT2D eigenvalue weighted by atomic mass is 35.5. The van der Waals surface area contributed by atoms with Crippen LogP contribution in [0.2, 0.25) is 5.02 Å². The predicted octanol–water partition coefficient (Wildman–Crippen LogP) is 4.16. The van der Waals surface area contributed by atoms with E-state index in [9.17, 15) is 4.79 Å². The normalized spacial score (nSPS) is 16.5. The minimum atomic E-state index is -0.303. The molecular formula is C17H14ClN3O2S. The van der Waals surface area contributed by atoms with Gasteiger partial charge < -0.3 is 10.1 Å². The molecule has 1 aliphatic heterocycles. The number of thiazole rings is 1. The van der Waals surface area contributed by atoms with Crippen molar-refractivity contribution >= 4 is 44.7 Å². The molecule has 1 amide bonds. The summed E-state index contributed by atoms with van der Waals surface area (Å²) in [6.45, 7) is 2.44. The van der Waals surface area contributed by atoms with Gasteiger partial charge in [0.2, 0.25) is 5.91 Å². The number of benzene rings is 1. The van der Waals surface area contributed by atoms with Gasteiger partial charge in [0.1, 0.15) is 11.3 Å². The first kappa shape index (κ1) is 15.4. The van der Waals surface area contributed by atoms with Crippen molar-refractivity contribution in [3.63, 3.8) is 0 Å². The molecule has 1 aromatic carbocycles. The molecule has 0 saturated carbocycles. The second-order valence-electron chi connectivity index (χ2n) is 5.63. The summed E-state index contributed by atoms with van der Waals surface area (Å²) < 4.78 is 6.58. The van der Waals surface area contributed by atoms with Gasteiger partial charge in [-0.1, -0.05) is 11.6 Å². The van der Waals surface area contributed by atoms with Gasteiger partial charge in [-0.15, -0.1) is 11.3 Å². The van der Waals surface area contributed by atoms with E-state index in [1.54, 1.807) is 35.9 Å². The second kappa shape index (κ2) is 6.03. The van der Waals surface area contributed by atoms with Crippen molar-refractivity contribution in [3.8, 4) is 5.75 Å². The molecule has 0 aliphatic carbocycles. The van der Waals surface area contributed by atoms with E-state index in [0.29, 0.717) is 29.5 Å². The Morgan fingerprint density at radius 3 is 3.17 bits per heavy atom. The minimum absolute atomic E-state index is 0.0956. The third-order valence-electron chi connectivity index (χ3n) is 4.00. The molecule has 24 heavy (non-hydrogen) atoms. The average molecular weight is 360 g/mol. The Morgan fingerprint density at radius 1 is 1.42 bits per heavy atom. The molecule has 1 aliphatic rings. The van der Waals surface area contributed by atoms with Crippen LogP contribution < -0.4 is 10.1 Å². The molecule has 0 spiro atoms. The van der Waals surface area contributed by atoms with Crippen LogP contribution in [0.5, 0.6) is 5.75 Å². The largest absolute Gasteiger partial charge is 0.493 e. The van der Waals surface area contributed by atoms with Crippen LogP contribution in [-0.2, 0) is 4.79 Å². The third kappa shape index (κ3) is 2.72. The highest BCUT2D eigenvalue weighted by molar-refractivity contribution is 7.18. The molecule has 1 N–H and O–H groups in total. The van der Waals surface area contributed by atoms with Crippen molar-refractivity contribution < 1.29 is 9.53 Å². The van der Waals surface area contributed by atoms with Crippen molar-refractivity contribution in [2.24, 2.45) is 0 Å². The topological polar surface area (TPSA) is 64.1 Å². The molecule has 1 atom stereocenters. The van der Waals surface area contributed by atoms with E-state index in [-0.39, 0.29) is 11.8 Å². The van der Waals surface area contributed by atoms with Crippen LogP contribution in [0.4, 0.5) is 5.69 Å². The van der Waals surface area contributed by atoms with Crippen molar-refractivity contribution in [2.45, 2.75) is 19.3 Å². The minimum Gasteiger partial charge on any atom is -0.493 e. The quantitative estimate of drug-likeness (QED) is 0.746. The number of carbonyl (C=O) groups is 1. The van der Waals surface area contributed by atoms with E-state index in [1.807, 2.05) is 13.0 Å². The van der Waals surface area contributed by atoms with Crippen LogP contribution in [0.25, 0.3) is 10.2 Å². The van der Waals surface area contributed by atoms with E-state index < -0.39 is 0 Å². The molecule has 122 valence electrons. The summed E-state index contributed by atoms with van der Waals surface area (Å²) in [5, 5.41) is 4.51. The highest BCUT2D eigenvalue weighted by Gasteiger charge is 2.28. The highest BCUT2D eigenvalue weighted by Crippen LogP contribution is 2.36. The fourth-order valence-corrected chi connectivity index (χ4v) is 3.91. The Labute approximate surface area is 147 Å². The van der Waals surface area contributed by atoms with Crippen LogP contribution in [0.15, 0.2) is 30.6 Å². The number of pyridine rings is 1. The first-order valence-corrected chi connectivity index (χ1v) is 8.75. The number of aromatic nitrogens is 2. The first-order chi connectivity index (χ1) is 11.6. The van der Waals surface area contributed by atoms with Gasteiger partial charge in [-0.25, -0.2) is 4.98 Å². The summed E-state index contributed by atoms with van der Waals surface area (Å²) in [6.07, 6.45) is 4.01. The number of nitrogens with zero attached hydrogens (tertiary/aromatic N) is 2.